The number of rotatable bonds is 8. The van der Waals surface area contributed by atoms with Gasteiger partial charge in [0.15, 0.2) is 16.9 Å². The molecule has 200 valence electrons. The Hall–Kier alpha value is -4.14. The lowest BCUT2D eigenvalue weighted by Gasteiger charge is -2.31. The van der Waals surface area contributed by atoms with E-state index in [-0.39, 0.29) is 17.1 Å². The molecule has 0 aliphatic carbocycles. The summed E-state index contributed by atoms with van der Waals surface area (Å²) in [5.74, 6) is 0.936. The molecule has 0 saturated carbocycles. The molecular weight excluding hydrogens is 496 g/mol. The van der Waals surface area contributed by atoms with Crippen LogP contribution in [0.1, 0.15) is 33.3 Å². The van der Waals surface area contributed by atoms with Crippen molar-refractivity contribution < 1.29 is 23.4 Å². The molecule has 0 spiro atoms. The molecule has 8 heteroatoms. The lowest BCUT2D eigenvalue weighted by molar-refractivity contribution is 0.0314. The van der Waals surface area contributed by atoms with E-state index in [0.717, 1.165) is 24.2 Å². The first-order valence-corrected chi connectivity index (χ1v) is 13.2. The summed E-state index contributed by atoms with van der Waals surface area (Å²) in [5, 5.41) is 0.457. The highest BCUT2D eigenvalue weighted by Crippen LogP contribution is 2.41. The zero-order valence-electron chi connectivity index (χ0n) is 21.8. The van der Waals surface area contributed by atoms with Gasteiger partial charge in [0.2, 0.25) is 5.76 Å². The van der Waals surface area contributed by atoms with Gasteiger partial charge in [-0.3, -0.25) is 14.5 Å². The molecule has 39 heavy (non-hydrogen) atoms. The van der Waals surface area contributed by atoms with Crippen molar-refractivity contribution in [3.05, 3.63) is 105 Å². The van der Waals surface area contributed by atoms with E-state index in [1.165, 1.54) is 0 Å². The second-order valence-corrected chi connectivity index (χ2v) is 9.71. The highest BCUT2D eigenvalue weighted by atomic mass is 16.5. The van der Waals surface area contributed by atoms with Gasteiger partial charge in [-0.2, -0.15) is 0 Å². The van der Waals surface area contributed by atoms with Crippen LogP contribution in [0.5, 0.6) is 11.5 Å². The number of nitrogens with zero attached hydrogens (tertiary/aromatic N) is 2. The SMILES string of the molecule is COc1cc(C2c3c(oc4ccccc4c3=O)C(=O)N2CCN2CCOCC2)ccc1OCc1ccccc1. The van der Waals surface area contributed by atoms with Crippen LogP contribution in [-0.2, 0) is 11.3 Å². The van der Waals surface area contributed by atoms with Gasteiger partial charge >= 0.3 is 0 Å². The summed E-state index contributed by atoms with van der Waals surface area (Å²) in [5.41, 5.74) is 2.38. The third-order valence-corrected chi connectivity index (χ3v) is 7.37. The predicted molar refractivity (Wildman–Crippen MR) is 146 cm³/mol. The van der Waals surface area contributed by atoms with Crippen LogP contribution < -0.4 is 14.9 Å². The average Bonchev–Trinajstić information content (AvgIpc) is 3.27. The monoisotopic (exact) mass is 526 g/mol. The van der Waals surface area contributed by atoms with Crippen LogP contribution in [0.15, 0.2) is 82.0 Å². The molecule has 2 aliphatic rings. The fourth-order valence-electron chi connectivity index (χ4n) is 5.33. The minimum Gasteiger partial charge on any atom is -0.493 e. The second-order valence-electron chi connectivity index (χ2n) is 9.71. The number of ether oxygens (including phenoxy) is 3. The third kappa shape index (κ3) is 4.89. The number of hydrogen-bond donors (Lipinski definition) is 0. The van der Waals surface area contributed by atoms with E-state index in [1.807, 2.05) is 48.5 Å². The van der Waals surface area contributed by atoms with Crippen LogP contribution in [0, 0.1) is 0 Å². The molecule has 6 rings (SSSR count). The molecule has 8 nitrogen and oxygen atoms in total. The van der Waals surface area contributed by atoms with Crippen molar-refractivity contribution in [1.29, 1.82) is 0 Å². The van der Waals surface area contributed by atoms with Gasteiger partial charge < -0.3 is 23.5 Å². The molecule has 1 saturated heterocycles. The van der Waals surface area contributed by atoms with Crippen LogP contribution in [0.4, 0.5) is 0 Å². The van der Waals surface area contributed by atoms with E-state index in [4.69, 9.17) is 18.6 Å². The molecule has 0 radical (unpaired) electrons. The van der Waals surface area contributed by atoms with Crippen LogP contribution in [0.25, 0.3) is 11.0 Å². The van der Waals surface area contributed by atoms with Gasteiger partial charge in [0.05, 0.1) is 37.3 Å². The summed E-state index contributed by atoms with van der Waals surface area (Å²) >= 11 is 0. The maximum atomic E-state index is 13.8. The number of para-hydroxylation sites is 1. The van der Waals surface area contributed by atoms with Crippen LogP contribution in [-0.4, -0.2) is 62.2 Å². The summed E-state index contributed by atoms with van der Waals surface area (Å²) in [7, 11) is 1.58. The summed E-state index contributed by atoms with van der Waals surface area (Å²) < 4.78 is 23.3. The zero-order chi connectivity index (χ0) is 26.8. The maximum absolute atomic E-state index is 13.8. The molecule has 3 heterocycles. The molecule has 1 atom stereocenters. The molecule has 1 aromatic heterocycles. The molecule has 4 aromatic rings. The Bertz CT molecular complexity index is 1540. The Labute approximate surface area is 226 Å². The summed E-state index contributed by atoms with van der Waals surface area (Å²) in [6, 6.07) is 21.9. The second kappa shape index (κ2) is 10.9. The third-order valence-electron chi connectivity index (χ3n) is 7.37. The molecule has 3 aromatic carbocycles. The lowest BCUT2D eigenvalue weighted by atomic mass is 9.98. The molecule has 0 bridgehead atoms. The summed E-state index contributed by atoms with van der Waals surface area (Å²) in [6.45, 7) is 4.46. The predicted octanol–water partition coefficient (Wildman–Crippen LogP) is 4.26. The Kier molecular flexibility index (Phi) is 7.04. The summed E-state index contributed by atoms with van der Waals surface area (Å²) in [6.07, 6.45) is 0. The van der Waals surface area contributed by atoms with E-state index in [1.54, 1.807) is 36.3 Å². The topological polar surface area (TPSA) is 81.5 Å². The molecule has 2 aliphatic heterocycles. The van der Waals surface area contributed by atoms with E-state index in [0.29, 0.717) is 60.9 Å². The fraction of sp³-hybridized carbons (Fsp3) is 0.290. The Morgan fingerprint density at radius 1 is 0.897 bits per heavy atom. The molecule has 1 fully saturated rings. The van der Waals surface area contributed by atoms with E-state index < -0.39 is 6.04 Å². The van der Waals surface area contributed by atoms with Crippen molar-refractivity contribution in [2.24, 2.45) is 0 Å². The van der Waals surface area contributed by atoms with Crippen molar-refractivity contribution in [1.82, 2.24) is 9.80 Å². The van der Waals surface area contributed by atoms with Gasteiger partial charge in [-0.25, -0.2) is 0 Å². The Morgan fingerprint density at radius 2 is 1.67 bits per heavy atom. The number of morpholine rings is 1. The van der Waals surface area contributed by atoms with Gasteiger partial charge in [-0.1, -0.05) is 48.5 Å². The van der Waals surface area contributed by atoms with Crippen molar-refractivity contribution >= 4 is 16.9 Å². The van der Waals surface area contributed by atoms with Gasteiger partial charge in [-0.15, -0.1) is 0 Å². The number of carbonyl (C=O) groups excluding carboxylic acids is 1. The van der Waals surface area contributed by atoms with Gasteiger partial charge in [0.25, 0.3) is 5.91 Å². The number of fused-ring (bicyclic) bond motifs is 2. The highest BCUT2D eigenvalue weighted by molar-refractivity contribution is 5.99. The van der Waals surface area contributed by atoms with Crippen molar-refractivity contribution in [2.45, 2.75) is 12.6 Å². The minimum absolute atomic E-state index is 0.106. The largest absolute Gasteiger partial charge is 0.493 e. The average molecular weight is 527 g/mol. The van der Waals surface area contributed by atoms with E-state index in [9.17, 15) is 9.59 Å². The maximum Gasteiger partial charge on any atom is 0.290 e. The van der Waals surface area contributed by atoms with Crippen molar-refractivity contribution in [3.63, 3.8) is 0 Å². The lowest BCUT2D eigenvalue weighted by Crippen LogP contribution is -2.42. The Balaban J connectivity index is 1.37. The van der Waals surface area contributed by atoms with Crippen molar-refractivity contribution in [2.75, 3.05) is 46.5 Å². The van der Waals surface area contributed by atoms with Crippen LogP contribution >= 0.6 is 0 Å². The first-order chi connectivity index (χ1) is 19.1. The van der Waals surface area contributed by atoms with Crippen molar-refractivity contribution in [3.8, 4) is 11.5 Å². The summed E-state index contributed by atoms with van der Waals surface area (Å²) in [4.78, 5) is 31.5. The number of amides is 1. The van der Waals surface area contributed by atoms with E-state index >= 15 is 0 Å². The number of benzene rings is 3. The van der Waals surface area contributed by atoms with Crippen LogP contribution in [0.2, 0.25) is 0 Å². The van der Waals surface area contributed by atoms with Crippen LogP contribution in [0.3, 0.4) is 0 Å². The van der Waals surface area contributed by atoms with Gasteiger partial charge in [-0.05, 0) is 35.4 Å². The Morgan fingerprint density at radius 3 is 2.46 bits per heavy atom. The number of methoxy groups -OCH3 is 1. The van der Waals surface area contributed by atoms with E-state index in [2.05, 4.69) is 4.90 Å². The smallest absolute Gasteiger partial charge is 0.290 e. The fourth-order valence-corrected chi connectivity index (χ4v) is 5.33. The standard InChI is InChI=1S/C31H30N2O6/c1-36-26-19-22(11-12-25(26)38-20-21-7-3-2-4-8-21)28-27-29(34)23-9-5-6-10-24(23)39-30(27)31(35)33(28)14-13-32-15-17-37-18-16-32/h2-12,19,28H,13-18,20H2,1H3. The first kappa shape index (κ1) is 25.2. The van der Waals surface area contributed by atoms with Gasteiger partial charge in [0.1, 0.15) is 12.2 Å². The molecule has 0 N–H and O–H groups in total. The zero-order valence-corrected chi connectivity index (χ0v) is 21.8. The molecule has 1 unspecified atom stereocenters. The normalized spacial score (nSPS) is 17.4. The molecule has 1 amide bonds. The molecular formula is C31H30N2O6. The first-order valence-electron chi connectivity index (χ1n) is 13.2. The highest BCUT2D eigenvalue weighted by Gasteiger charge is 2.43. The van der Waals surface area contributed by atoms with Gasteiger partial charge in [0, 0.05) is 26.2 Å². The minimum atomic E-state index is -0.605. The number of carbonyl (C=O) groups is 1. The quantitative estimate of drug-likeness (QED) is 0.339. The number of hydrogen-bond acceptors (Lipinski definition) is 7.